The molecule has 5 rings (SSSR count). The van der Waals surface area contributed by atoms with Crippen LogP contribution in [-0.2, 0) is 17.8 Å². The minimum Gasteiger partial charge on any atom is -0.333 e. The van der Waals surface area contributed by atoms with E-state index in [4.69, 9.17) is 11.6 Å². The number of rotatable bonds is 7. The van der Waals surface area contributed by atoms with Crippen LogP contribution in [0.1, 0.15) is 35.1 Å². The molecule has 0 spiro atoms. The van der Waals surface area contributed by atoms with Crippen LogP contribution < -0.4 is 0 Å². The van der Waals surface area contributed by atoms with Crippen molar-refractivity contribution in [2.75, 3.05) is 19.6 Å². The minimum atomic E-state index is -0.342. The van der Waals surface area contributed by atoms with Crippen LogP contribution in [0, 0.1) is 5.82 Å². The van der Waals surface area contributed by atoms with Crippen molar-refractivity contribution in [3.63, 3.8) is 0 Å². The summed E-state index contributed by atoms with van der Waals surface area (Å²) in [7, 11) is 0. The Morgan fingerprint density at radius 3 is 2.66 bits per heavy atom. The quantitative estimate of drug-likeness (QED) is 0.313. The highest BCUT2D eigenvalue weighted by Crippen LogP contribution is 2.25. The van der Waals surface area contributed by atoms with Gasteiger partial charge in [0, 0.05) is 17.6 Å². The van der Waals surface area contributed by atoms with Crippen molar-refractivity contribution in [3.8, 4) is 11.4 Å². The van der Waals surface area contributed by atoms with E-state index in [9.17, 15) is 14.0 Å². The summed E-state index contributed by atoms with van der Waals surface area (Å²) in [4.78, 5) is 29.6. The van der Waals surface area contributed by atoms with Crippen LogP contribution in [0.4, 0.5) is 4.39 Å². The molecule has 0 unspecified atom stereocenters. The smallest absolute Gasteiger partial charge is 0.257 e. The summed E-state index contributed by atoms with van der Waals surface area (Å²) >= 11 is 9.70. The number of aromatic nitrogens is 5. The number of amides is 2. The monoisotopic (exact) mass is 599 g/mol. The lowest BCUT2D eigenvalue weighted by Crippen LogP contribution is -2.51. The van der Waals surface area contributed by atoms with Crippen molar-refractivity contribution in [2.24, 2.45) is 0 Å². The number of halogens is 3. The number of hydrogen-bond acceptors (Lipinski definition) is 5. The normalized spacial score (nSPS) is 13.8. The van der Waals surface area contributed by atoms with E-state index in [1.807, 2.05) is 19.1 Å². The summed E-state index contributed by atoms with van der Waals surface area (Å²) in [5, 5.41) is 13.3. The maximum absolute atomic E-state index is 13.4. The third-order valence-electron chi connectivity index (χ3n) is 6.31. The molecule has 0 aliphatic carbocycles. The highest BCUT2D eigenvalue weighted by Gasteiger charge is 2.30. The lowest BCUT2D eigenvalue weighted by Gasteiger charge is -2.34. The fourth-order valence-corrected chi connectivity index (χ4v) is 5.17. The van der Waals surface area contributed by atoms with Gasteiger partial charge in [0.2, 0.25) is 5.91 Å². The van der Waals surface area contributed by atoms with Crippen molar-refractivity contribution in [2.45, 2.75) is 26.3 Å². The van der Waals surface area contributed by atoms with Gasteiger partial charge in [0.05, 0.1) is 46.6 Å². The third-order valence-corrected chi connectivity index (χ3v) is 7.11. The number of carbonyl (C=O) groups excluding carboxylic acids is 2. The van der Waals surface area contributed by atoms with E-state index in [2.05, 4.69) is 31.3 Å². The molecule has 2 aromatic heterocycles. The molecule has 0 atom stereocenters. The Labute approximate surface area is 231 Å². The molecule has 3 heterocycles. The molecule has 2 amide bonds. The third kappa shape index (κ3) is 5.34. The average Bonchev–Trinajstić information content (AvgIpc) is 3.53. The van der Waals surface area contributed by atoms with Crippen molar-refractivity contribution < 1.29 is 14.0 Å². The molecule has 0 bridgehead atoms. The maximum Gasteiger partial charge on any atom is 0.257 e. The van der Waals surface area contributed by atoms with Crippen molar-refractivity contribution in [1.29, 1.82) is 0 Å². The summed E-state index contributed by atoms with van der Waals surface area (Å²) < 4.78 is 17.5. The lowest BCUT2D eigenvalue weighted by molar-refractivity contribution is -0.135. The molecule has 9 nitrogen and oxygen atoms in total. The predicted molar refractivity (Wildman–Crippen MR) is 143 cm³/mol. The summed E-state index contributed by atoms with van der Waals surface area (Å²) in [6.07, 6.45) is 4.68. The second-order valence-corrected chi connectivity index (χ2v) is 10.3. The molecular weight excluding hydrogens is 577 g/mol. The fraction of sp³-hybridized carbons (Fsp3) is 0.269. The van der Waals surface area contributed by atoms with E-state index in [0.717, 1.165) is 16.6 Å². The fourth-order valence-electron chi connectivity index (χ4n) is 4.41. The molecule has 4 aromatic rings. The number of hydrogen-bond donors (Lipinski definition) is 0. The second-order valence-electron chi connectivity index (χ2n) is 8.94. The zero-order valence-corrected chi connectivity index (χ0v) is 22.9. The van der Waals surface area contributed by atoms with E-state index in [0.29, 0.717) is 47.2 Å². The Bertz CT molecular complexity index is 1490. The van der Waals surface area contributed by atoms with Crippen LogP contribution in [0.3, 0.4) is 0 Å². The van der Waals surface area contributed by atoms with Crippen LogP contribution in [-0.4, -0.2) is 66.0 Å². The lowest BCUT2D eigenvalue weighted by atomic mass is 10.1. The highest BCUT2D eigenvalue weighted by molar-refractivity contribution is 9.10. The van der Waals surface area contributed by atoms with E-state index < -0.39 is 0 Å². The predicted octanol–water partition coefficient (Wildman–Crippen LogP) is 4.45. The van der Waals surface area contributed by atoms with Gasteiger partial charge in [0.25, 0.3) is 5.91 Å². The summed E-state index contributed by atoms with van der Waals surface area (Å²) in [6.45, 7) is 2.99. The molecular formula is C26H24BrClFN7O2. The van der Waals surface area contributed by atoms with Crippen LogP contribution in [0.2, 0.25) is 5.02 Å². The molecule has 196 valence electrons. The Morgan fingerprint density at radius 1 is 1.16 bits per heavy atom. The molecule has 1 aliphatic heterocycles. The molecule has 0 N–H and O–H groups in total. The second kappa shape index (κ2) is 11.0. The Balaban J connectivity index is 1.27. The molecule has 1 saturated heterocycles. The summed E-state index contributed by atoms with van der Waals surface area (Å²) in [5.74, 6) is -0.764. The van der Waals surface area contributed by atoms with Gasteiger partial charge in [-0.2, -0.15) is 5.10 Å². The molecule has 1 aliphatic rings. The maximum atomic E-state index is 13.4. The Kier molecular flexibility index (Phi) is 7.57. The molecule has 12 heteroatoms. The summed E-state index contributed by atoms with van der Waals surface area (Å²) in [5.41, 5.74) is 3.16. The van der Waals surface area contributed by atoms with Crippen LogP contribution >= 0.6 is 27.5 Å². The first-order chi connectivity index (χ1) is 18.3. The van der Waals surface area contributed by atoms with E-state index in [-0.39, 0.29) is 30.7 Å². The zero-order valence-electron chi connectivity index (χ0n) is 20.5. The topological polar surface area (TPSA) is 89.2 Å². The Hall–Kier alpha value is -3.57. The Morgan fingerprint density at radius 2 is 1.95 bits per heavy atom. The van der Waals surface area contributed by atoms with Crippen LogP contribution in [0.25, 0.3) is 11.4 Å². The van der Waals surface area contributed by atoms with E-state index in [1.54, 1.807) is 43.6 Å². The molecule has 1 fully saturated rings. The van der Waals surface area contributed by atoms with Gasteiger partial charge in [0.15, 0.2) is 0 Å². The van der Waals surface area contributed by atoms with Gasteiger partial charge in [-0.3, -0.25) is 9.59 Å². The number of nitrogens with zero attached hydrogens (tertiary/aromatic N) is 7. The molecule has 0 saturated carbocycles. The van der Waals surface area contributed by atoms with Gasteiger partial charge in [-0.05, 0) is 48.9 Å². The first kappa shape index (κ1) is 26.1. The largest absolute Gasteiger partial charge is 0.333 e. The van der Waals surface area contributed by atoms with Crippen LogP contribution in [0.5, 0.6) is 0 Å². The SMILES string of the molecule is CCCc1c(C(=O)N2CCN(Cc3cn(-c4ccc(Br)cc4Cl)nn3)C(=O)C2)cnn1-c1ccc(F)cc1. The van der Waals surface area contributed by atoms with Gasteiger partial charge < -0.3 is 9.80 Å². The molecule has 0 radical (unpaired) electrons. The van der Waals surface area contributed by atoms with Gasteiger partial charge >= 0.3 is 0 Å². The van der Waals surface area contributed by atoms with Gasteiger partial charge in [-0.15, -0.1) is 5.10 Å². The first-order valence-electron chi connectivity index (χ1n) is 12.1. The zero-order chi connectivity index (χ0) is 26.8. The minimum absolute atomic E-state index is 0.0429. The number of carbonyl (C=O) groups is 2. The van der Waals surface area contributed by atoms with Crippen LogP contribution in [0.15, 0.2) is 59.3 Å². The first-order valence-corrected chi connectivity index (χ1v) is 13.3. The van der Waals surface area contributed by atoms with Crippen molar-refractivity contribution in [3.05, 3.63) is 87.1 Å². The molecule has 2 aromatic carbocycles. The number of benzene rings is 2. The van der Waals surface area contributed by atoms with Gasteiger partial charge in [-0.1, -0.05) is 46.1 Å². The van der Waals surface area contributed by atoms with E-state index >= 15 is 0 Å². The average molecular weight is 601 g/mol. The van der Waals surface area contributed by atoms with Gasteiger partial charge in [0.1, 0.15) is 18.1 Å². The highest BCUT2D eigenvalue weighted by atomic mass is 79.9. The number of piperazine rings is 1. The van der Waals surface area contributed by atoms with Crippen molar-refractivity contribution >= 4 is 39.3 Å². The van der Waals surface area contributed by atoms with E-state index in [1.165, 1.54) is 18.3 Å². The van der Waals surface area contributed by atoms with Gasteiger partial charge in [-0.25, -0.2) is 13.8 Å². The van der Waals surface area contributed by atoms with Crippen molar-refractivity contribution in [1.82, 2.24) is 34.6 Å². The summed E-state index contributed by atoms with van der Waals surface area (Å²) in [6, 6.07) is 11.4. The molecule has 38 heavy (non-hydrogen) atoms. The standard InChI is InChI=1S/C26H24BrClFN7O2/c1-2-3-23-21(13-30-36(23)20-7-5-18(29)6-8-20)26(38)34-11-10-33(25(37)16-34)14-19-15-35(32-31-19)24-9-4-17(27)12-22(24)28/h4-9,12-13,15H,2-3,10-11,14,16H2,1H3.